The Kier molecular flexibility index (Phi) is 3.59. The van der Waals surface area contributed by atoms with Crippen LogP contribution in [0.2, 0.25) is 0 Å². The van der Waals surface area contributed by atoms with Crippen molar-refractivity contribution in [3.8, 4) is 0 Å². The molecule has 0 aromatic carbocycles. The zero-order valence-electron chi connectivity index (χ0n) is 10.8. The van der Waals surface area contributed by atoms with E-state index in [1.54, 1.807) is 27.7 Å². The van der Waals surface area contributed by atoms with Crippen LogP contribution in [0.4, 0.5) is 0 Å². The normalized spacial score (nSPS) is 11.1. The Bertz CT molecular complexity index is 509. The third-order valence-corrected chi connectivity index (χ3v) is 2.00. The van der Waals surface area contributed by atoms with Gasteiger partial charge in [-0.05, 0) is 33.3 Å². The summed E-state index contributed by atoms with van der Waals surface area (Å²) in [5.74, 6) is -2.19. The molecule has 1 heterocycles. The highest BCUT2D eigenvalue weighted by Crippen LogP contribution is 2.21. The van der Waals surface area contributed by atoms with Crippen LogP contribution in [-0.4, -0.2) is 27.7 Å². The lowest BCUT2D eigenvalue weighted by molar-refractivity contribution is 0.0685. The summed E-state index contributed by atoms with van der Waals surface area (Å²) < 4.78 is 4.82. The lowest BCUT2D eigenvalue weighted by Crippen LogP contribution is -2.41. The fourth-order valence-electron chi connectivity index (χ4n) is 1.33. The van der Waals surface area contributed by atoms with E-state index in [1.807, 2.05) is 0 Å². The van der Waals surface area contributed by atoms with Gasteiger partial charge in [-0.3, -0.25) is 4.79 Å². The van der Waals surface area contributed by atoms with Crippen molar-refractivity contribution in [2.24, 2.45) is 0 Å². The maximum Gasteiger partial charge on any atom is 0.342 e. The van der Waals surface area contributed by atoms with Crippen molar-refractivity contribution >= 4 is 17.4 Å². The first-order chi connectivity index (χ1) is 8.13. The number of carbonyl (C=O) groups excluding carboxylic acids is 1. The molecule has 0 atom stereocenters. The van der Waals surface area contributed by atoms with Crippen LogP contribution in [0.15, 0.2) is 11.1 Å². The molecule has 0 saturated heterocycles. The molecular weight excluding hydrogens is 236 g/mol. The van der Waals surface area contributed by atoms with E-state index in [0.717, 1.165) is 0 Å². The van der Waals surface area contributed by atoms with Gasteiger partial charge in [-0.15, -0.1) is 0 Å². The first-order valence-corrected chi connectivity index (χ1v) is 5.35. The number of allylic oxidation sites excluding steroid dienone is 1. The second-order valence-corrected chi connectivity index (χ2v) is 5.02. The highest BCUT2D eigenvalue weighted by Gasteiger charge is 2.29. The number of carboxylic acid groups (broad SMARTS) is 1. The fourth-order valence-corrected chi connectivity index (χ4v) is 1.33. The zero-order valence-corrected chi connectivity index (χ0v) is 10.8. The molecule has 6 heteroatoms. The number of nitrogens with one attached hydrogen (secondary N) is 1. The van der Waals surface area contributed by atoms with Gasteiger partial charge in [0.25, 0.3) is 5.91 Å². The largest absolute Gasteiger partial charge is 0.477 e. The van der Waals surface area contributed by atoms with E-state index in [2.05, 4.69) is 17.1 Å². The van der Waals surface area contributed by atoms with Crippen molar-refractivity contribution in [3.05, 3.63) is 23.6 Å². The van der Waals surface area contributed by atoms with Crippen LogP contribution in [0.3, 0.4) is 0 Å². The van der Waals surface area contributed by atoms with Crippen LogP contribution in [0, 0.1) is 0 Å². The van der Waals surface area contributed by atoms with Crippen LogP contribution < -0.4 is 5.32 Å². The van der Waals surface area contributed by atoms with Crippen LogP contribution in [0.25, 0.3) is 5.57 Å². The van der Waals surface area contributed by atoms with Crippen molar-refractivity contribution in [2.45, 2.75) is 33.2 Å². The Morgan fingerprint density at radius 3 is 2.33 bits per heavy atom. The molecule has 2 N–H and O–H groups in total. The summed E-state index contributed by atoms with van der Waals surface area (Å²) in [5, 5.41) is 15.3. The molecular formula is C12H16N2O4. The average molecular weight is 252 g/mol. The van der Waals surface area contributed by atoms with Crippen molar-refractivity contribution < 1.29 is 19.2 Å². The van der Waals surface area contributed by atoms with E-state index in [-0.39, 0.29) is 17.0 Å². The fraction of sp³-hybridized carbons (Fsp3) is 0.417. The molecule has 0 aliphatic rings. The van der Waals surface area contributed by atoms with E-state index in [1.165, 1.54) is 0 Å². The molecule has 0 radical (unpaired) electrons. The number of aromatic nitrogens is 1. The summed E-state index contributed by atoms with van der Waals surface area (Å²) in [5.41, 5.74) is -0.250. The number of aromatic carboxylic acids is 1. The average Bonchev–Trinajstić information content (AvgIpc) is 2.58. The Hall–Kier alpha value is -2.11. The second-order valence-electron chi connectivity index (χ2n) is 5.02. The van der Waals surface area contributed by atoms with Crippen molar-refractivity contribution in [1.29, 1.82) is 0 Å². The first-order valence-electron chi connectivity index (χ1n) is 5.35. The number of nitrogens with zero attached hydrogens (tertiary/aromatic N) is 1. The molecule has 0 saturated carbocycles. The number of hydrogen-bond donors (Lipinski definition) is 2. The molecule has 1 rings (SSSR count). The van der Waals surface area contributed by atoms with Crippen LogP contribution in [-0.2, 0) is 0 Å². The Balaban J connectivity index is 3.22. The van der Waals surface area contributed by atoms with Gasteiger partial charge in [0.15, 0.2) is 0 Å². The van der Waals surface area contributed by atoms with Gasteiger partial charge in [-0.2, -0.15) is 0 Å². The predicted octanol–water partition coefficient (Wildman–Crippen LogP) is 1.93. The Labute approximate surface area is 105 Å². The standard InChI is InChI=1S/C12H16N2O4/c1-6(2)8-7(11(16)17)9(18-14-8)10(15)13-12(3,4)5/h1H2,2-5H3,(H,13,15)(H,16,17). The summed E-state index contributed by atoms with van der Waals surface area (Å²) in [6, 6.07) is 0. The lowest BCUT2D eigenvalue weighted by atomic mass is 10.1. The monoisotopic (exact) mass is 252 g/mol. The van der Waals surface area contributed by atoms with E-state index >= 15 is 0 Å². The summed E-state index contributed by atoms with van der Waals surface area (Å²) in [4.78, 5) is 23.0. The van der Waals surface area contributed by atoms with Crippen molar-refractivity contribution in [1.82, 2.24) is 10.5 Å². The van der Waals surface area contributed by atoms with E-state index in [9.17, 15) is 9.59 Å². The molecule has 0 fully saturated rings. The molecule has 1 aromatic rings. The number of amides is 1. The van der Waals surface area contributed by atoms with Gasteiger partial charge in [0.2, 0.25) is 5.76 Å². The molecule has 0 spiro atoms. The highest BCUT2D eigenvalue weighted by atomic mass is 16.5. The third-order valence-electron chi connectivity index (χ3n) is 2.00. The smallest absolute Gasteiger partial charge is 0.342 e. The highest BCUT2D eigenvalue weighted by molar-refractivity contribution is 6.05. The Morgan fingerprint density at radius 1 is 1.39 bits per heavy atom. The minimum Gasteiger partial charge on any atom is -0.477 e. The summed E-state index contributed by atoms with van der Waals surface area (Å²) >= 11 is 0. The number of rotatable bonds is 3. The molecule has 0 aliphatic heterocycles. The molecule has 18 heavy (non-hydrogen) atoms. The predicted molar refractivity (Wildman–Crippen MR) is 65.4 cm³/mol. The summed E-state index contributed by atoms with van der Waals surface area (Å²) in [7, 11) is 0. The minimum atomic E-state index is -1.27. The summed E-state index contributed by atoms with van der Waals surface area (Å²) in [6.07, 6.45) is 0. The molecule has 6 nitrogen and oxygen atoms in total. The van der Waals surface area contributed by atoms with Crippen LogP contribution in [0.5, 0.6) is 0 Å². The topological polar surface area (TPSA) is 92.4 Å². The second kappa shape index (κ2) is 4.64. The van der Waals surface area contributed by atoms with Gasteiger partial charge < -0.3 is 14.9 Å². The van der Waals surface area contributed by atoms with Crippen molar-refractivity contribution in [3.63, 3.8) is 0 Å². The van der Waals surface area contributed by atoms with E-state index in [4.69, 9.17) is 9.63 Å². The van der Waals surface area contributed by atoms with Gasteiger partial charge >= 0.3 is 5.97 Å². The number of carbonyl (C=O) groups is 2. The van der Waals surface area contributed by atoms with Gasteiger partial charge in [-0.1, -0.05) is 11.7 Å². The zero-order chi connectivity index (χ0) is 14.1. The molecule has 0 unspecified atom stereocenters. The van der Waals surface area contributed by atoms with E-state index in [0.29, 0.717) is 5.57 Å². The Morgan fingerprint density at radius 2 is 1.94 bits per heavy atom. The molecule has 0 bridgehead atoms. The molecule has 0 aliphatic carbocycles. The maximum atomic E-state index is 11.9. The molecule has 1 amide bonds. The minimum absolute atomic E-state index is 0.0848. The van der Waals surface area contributed by atoms with Gasteiger partial charge in [0.05, 0.1) is 0 Å². The molecule has 98 valence electrons. The number of carboxylic acids is 1. The maximum absolute atomic E-state index is 11.9. The molecule has 1 aromatic heterocycles. The van der Waals surface area contributed by atoms with Crippen LogP contribution >= 0.6 is 0 Å². The third kappa shape index (κ3) is 2.97. The summed E-state index contributed by atoms with van der Waals surface area (Å²) in [6.45, 7) is 10.5. The van der Waals surface area contributed by atoms with Gasteiger partial charge in [-0.25, -0.2) is 4.79 Å². The van der Waals surface area contributed by atoms with E-state index < -0.39 is 17.4 Å². The van der Waals surface area contributed by atoms with Gasteiger partial charge in [0, 0.05) is 5.54 Å². The van der Waals surface area contributed by atoms with Crippen LogP contribution in [0.1, 0.15) is 54.3 Å². The van der Waals surface area contributed by atoms with Crippen molar-refractivity contribution in [2.75, 3.05) is 0 Å². The van der Waals surface area contributed by atoms with Gasteiger partial charge in [0.1, 0.15) is 11.3 Å². The first kappa shape index (κ1) is 14.0. The quantitative estimate of drug-likeness (QED) is 0.857. The number of hydrogen-bond acceptors (Lipinski definition) is 4. The SMILES string of the molecule is C=C(C)c1noc(C(=O)NC(C)(C)C)c1C(=O)O. The lowest BCUT2D eigenvalue weighted by Gasteiger charge is -2.19.